The molecule has 0 amide bonds. The van der Waals surface area contributed by atoms with Crippen molar-refractivity contribution in [2.75, 3.05) is 31.1 Å². The maximum Gasteiger partial charge on any atom is 0.168 e. The van der Waals surface area contributed by atoms with E-state index in [4.69, 9.17) is 0 Å². The molecule has 6 heteroatoms. The fourth-order valence-corrected chi connectivity index (χ4v) is 3.84. The minimum absolute atomic E-state index is 0.104. The van der Waals surface area contributed by atoms with Gasteiger partial charge in [-0.25, -0.2) is 4.68 Å². The maximum absolute atomic E-state index is 4.38. The van der Waals surface area contributed by atoms with Crippen LogP contribution in [0.1, 0.15) is 57.1 Å². The second-order valence-electron chi connectivity index (χ2n) is 8.29. The van der Waals surface area contributed by atoms with Crippen molar-refractivity contribution >= 4 is 5.69 Å². The van der Waals surface area contributed by atoms with Crippen LogP contribution in [0, 0.1) is 13.8 Å². The molecule has 0 spiro atoms. The second kappa shape index (κ2) is 7.35. The van der Waals surface area contributed by atoms with Gasteiger partial charge in [-0.15, -0.1) is 5.10 Å². The number of benzene rings is 1. The first-order valence-electron chi connectivity index (χ1n) is 9.67. The molecule has 1 aliphatic heterocycles. The van der Waals surface area contributed by atoms with Crippen molar-refractivity contribution in [1.29, 1.82) is 0 Å². The lowest BCUT2D eigenvalue weighted by atomic mass is 10.1. The van der Waals surface area contributed by atoms with Crippen molar-refractivity contribution < 1.29 is 0 Å². The Hall–Kier alpha value is -1.95. The van der Waals surface area contributed by atoms with Crippen molar-refractivity contribution in [1.82, 2.24) is 25.1 Å². The van der Waals surface area contributed by atoms with Crippen molar-refractivity contribution in [3.8, 4) is 0 Å². The van der Waals surface area contributed by atoms with Crippen LogP contribution in [-0.2, 0) is 5.54 Å². The summed E-state index contributed by atoms with van der Waals surface area (Å²) in [4.78, 5) is 5.05. The zero-order valence-corrected chi connectivity index (χ0v) is 17.0. The number of rotatable bonds is 4. The monoisotopic (exact) mass is 356 g/mol. The standard InChI is InChI=1S/C20H32N6/c1-7-17(19-21-22-23-26(19)20(4,5)6)24-11-13-25(14-12-24)18-10-8-9-15(2)16(18)3/h8-10,17H,7,11-14H2,1-6H3/t17-/m0/s1. The SMILES string of the molecule is CC[C@@H](c1nnnn1C(C)(C)C)N1CCN(c2cccc(C)c2C)CC1. The Kier molecular flexibility index (Phi) is 5.32. The molecule has 2 heterocycles. The molecule has 0 N–H and O–H groups in total. The Labute approximate surface area is 157 Å². The molecule has 6 nitrogen and oxygen atoms in total. The van der Waals surface area contributed by atoms with Gasteiger partial charge in [0, 0.05) is 31.9 Å². The van der Waals surface area contributed by atoms with Crippen molar-refractivity contribution in [3.63, 3.8) is 0 Å². The van der Waals surface area contributed by atoms with Gasteiger partial charge in [0.2, 0.25) is 0 Å². The van der Waals surface area contributed by atoms with Crippen LogP contribution in [0.4, 0.5) is 5.69 Å². The van der Waals surface area contributed by atoms with Crippen LogP contribution in [0.2, 0.25) is 0 Å². The van der Waals surface area contributed by atoms with Crippen molar-refractivity contribution in [2.45, 2.75) is 59.5 Å². The first-order chi connectivity index (χ1) is 12.3. The molecule has 1 atom stereocenters. The third-order valence-electron chi connectivity index (χ3n) is 5.49. The van der Waals surface area contributed by atoms with Gasteiger partial charge >= 0.3 is 0 Å². The first kappa shape index (κ1) is 18.8. The molecule has 3 rings (SSSR count). The molecular formula is C20H32N6. The van der Waals surface area contributed by atoms with Crippen LogP contribution >= 0.6 is 0 Å². The van der Waals surface area contributed by atoms with Gasteiger partial charge in [-0.2, -0.15) is 0 Å². The summed E-state index contributed by atoms with van der Waals surface area (Å²) in [7, 11) is 0. The molecule has 1 aliphatic rings. The van der Waals surface area contributed by atoms with E-state index in [2.05, 4.69) is 85.1 Å². The minimum atomic E-state index is -0.104. The fourth-order valence-electron chi connectivity index (χ4n) is 3.84. The highest BCUT2D eigenvalue weighted by atomic mass is 15.6. The van der Waals surface area contributed by atoms with Crippen LogP contribution in [0.15, 0.2) is 18.2 Å². The Bertz CT molecular complexity index is 737. The summed E-state index contributed by atoms with van der Waals surface area (Å²) in [6.45, 7) is 17.2. The van der Waals surface area contributed by atoms with Gasteiger partial charge in [0.1, 0.15) is 0 Å². The van der Waals surface area contributed by atoms with Crippen LogP contribution in [0.5, 0.6) is 0 Å². The van der Waals surface area contributed by atoms with E-state index in [0.717, 1.165) is 38.4 Å². The molecule has 142 valence electrons. The molecule has 0 saturated carbocycles. The van der Waals surface area contributed by atoms with Crippen LogP contribution in [0.3, 0.4) is 0 Å². The van der Waals surface area contributed by atoms with Gasteiger partial charge in [0.25, 0.3) is 0 Å². The minimum Gasteiger partial charge on any atom is -0.369 e. The zero-order valence-electron chi connectivity index (χ0n) is 17.0. The molecular weight excluding hydrogens is 324 g/mol. The summed E-state index contributed by atoms with van der Waals surface area (Å²) in [6, 6.07) is 6.87. The van der Waals surface area contributed by atoms with Crippen LogP contribution in [-0.4, -0.2) is 51.3 Å². The summed E-state index contributed by atoms with van der Waals surface area (Å²) >= 11 is 0. The molecule has 1 aromatic heterocycles. The van der Waals surface area contributed by atoms with Gasteiger partial charge in [0.15, 0.2) is 5.82 Å². The normalized spacial score (nSPS) is 17.5. The molecule has 1 aromatic carbocycles. The summed E-state index contributed by atoms with van der Waals surface area (Å²) in [5.74, 6) is 0.986. The summed E-state index contributed by atoms with van der Waals surface area (Å²) in [6.07, 6.45) is 1.01. The number of aryl methyl sites for hydroxylation is 1. The summed E-state index contributed by atoms with van der Waals surface area (Å²) < 4.78 is 1.98. The van der Waals surface area contributed by atoms with E-state index < -0.39 is 0 Å². The lowest BCUT2D eigenvalue weighted by Crippen LogP contribution is -2.48. The summed E-state index contributed by atoms with van der Waals surface area (Å²) in [5, 5.41) is 12.6. The number of aromatic nitrogens is 4. The predicted molar refractivity (Wildman–Crippen MR) is 106 cm³/mol. The van der Waals surface area contributed by atoms with Gasteiger partial charge in [0.05, 0.1) is 11.6 Å². The first-order valence-corrected chi connectivity index (χ1v) is 9.67. The Morgan fingerprint density at radius 3 is 2.38 bits per heavy atom. The lowest BCUT2D eigenvalue weighted by Gasteiger charge is -2.40. The van der Waals surface area contributed by atoms with E-state index in [1.165, 1.54) is 16.8 Å². The number of nitrogens with zero attached hydrogens (tertiary/aromatic N) is 6. The van der Waals surface area contributed by atoms with Crippen molar-refractivity contribution in [2.24, 2.45) is 0 Å². The molecule has 0 bridgehead atoms. The average Bonchev–Trinajstić information content (AvgIpc) is 3.09. The van der Waals surface area contributed by atoms with E-state index in [0.29, 0.717) is 0 Å². The van der Waals surface area contributed by atoms with E-state index in [9.17, 15) is 0 Å². The van der Waals surface area contributed by atoms with Crippen molar-refractivity contribution in [3.05, 3.63) is 35.2 Å². The zero-order chi connectivity index (χ0) is 18.9. The predicted octanol–water partition coefficient (Wildman–Crippen LogP) is 3.32. The molecule has 26 heavy (non-hydrogen) atoms. The topological polar surface area (TPSA) is 50.1 Å². The Morgan fingerprint density at radius 1 is 1.08 bits per heavy atom. The molecule has 0 radical (unpaired) electrons. The van der Waals surface area contributed by atoms with E-state index in [1.807, 2.05) is 4.68 Å². The van der Waals surface area contributed by atoms with E-state index in [-0.39, 0.29) is 11.6 Å². The quantitative estimate of drug-likeness (QED) is 0.841. The van der Waals surface area contributed by atoms with Crippen LogP contribution < -0.4 is 4.90 Å². The third kappa shape index (κ3) is 3.61. The third-order valence-corrected chi connectivity index (χ3v) is 5.49. The summed E-state index contributed by atoms with van der Waals surface area (Å²) in [5.41, 5.74) is 4.02. The molecule has 0 unspecified atom stereocenters. The largest absolute Gasteiger partial charge is 0.369 e. The smallest absolute Gasteiger partial charge is 0.168 e. The number of hydrogen-bond donors (Lipinski definition) is 0. The highest BCUT2D eigenvalue weighted by Gasteiger charge is 2.31. The number of piperazine rings is 1. The average molecular weight is 357 g/mol. The van der Waals surface area contributed by atoms with E-state index in [1.54, 1.807) is 0 Å². The van der Waals surface area contributed by atoms with Gasteiger partial charge in [-0.05, 0) is 68.7 Å². The number of hydrogen-bond acceptors (Lipinski definition) is 5. The molecule has 1 fully saturated rings. The molecule has 2 aromatic rings. The lowest BCUT2D eigenvalue weighted by molar-refractivity contribution is 0.161. The molecule has 1 saturated heterocycles. The Balaban J connectivity index is 1.74. The van der Waals surface area contributed by atoms with E-state index >= 15 is 0 Å². The second-order valence-corrected chi connectivity index (χ2v) is 8.29. The maximum atomic E-state index is 4.38. The fraction of sp³-hybridized carbons (Fsp3) is 0.650. The highest BCUT2D eigenvalue weighted by molar-refractivity contribution is 5.56. The van der Waals surface area contributed by atoms with Crippen LogP contribution in [0.25, 0.3) is 0 Å². The Morgan fingerprint density at radius 2 is 1.77 bits per heavy atom. The highest BCUT2D eigenvalue weighted by Crippen LogP contribution is 2.29. The van der Waals surface area contributed by atoms with Gasteiger partial charge in [-0.3, -0.25) is 4.90 Å². The number of tetrazole rings is 1. The molecule has 0 aliphatic carbocycles. The van der Waals surface area contributed by atoms with Gasteiger partial charge < -0.3 is 4.90 Å². The number of anilines is 1. The van der Waals surface area contributed by atoms with Gasteiger partial charge in [-0.1, -0.05) is 19.1 Å².